The Morgan fingerprint density at radius 3 is 3.06 bits per heavy atom. The number of rotatable bonds is 4. The average Bonchev–Trinajstić information content (AvgIpc) is 2.35. The monoisotopic (exact) mass is 231 g/mol. The van der Waals surface area contributed by atoms with Gasteiger partial charge in [0.15, 0.2) is 0 Å². The summed E-state index contributed by atoms with van der Waals surface area (Å²) in [7, 11) is 1.59. The van der Waals surface area contributed by atoms with Gasteiger partial charge in [0.05, 0.1) is 24.9 Å². The van der Waals surface area contributed by atoms with Crippen LogP contribution in [-0.4, -0.2) is 24.5 Å². The van der Waals surface area contributed by atoms with E-state index < -0.39 is 5.91 Å². The lowest BCUT2D eigenvalue weighted by atomic mass is 10.2. The van der Waals surface area contributed by atoms with Gasteiger partial charge >= 0.3 is 0 Å². The first kappa shape index (κ1) is 11.2. The van der Waals surface area contributed by atoms with E-state index in [-0.39, 0.29) is 6.54 Å². The summed E-state index contributed by atoms with van der Waals surface area (Å²) < 4.78 is 5.19. The predicted molar refractivity (Wildman–Crippen MR) is 66.0 cm³/mol. The number of nitrogens with one attached hydrogen (secondary N) is 1. The highest BCUT2D eigenvalue weighted by atomic mass is 16.5. The normalized spacial score (nSPS) is 10.2. The van der Waals surface area contributed by atoms with E-state index in [2.05, 4.69) is 10.3 Å². The largest absolute Gasteiger partial charge is 0.497 e. The Labute approximate surface area is 98.6 Å². The summed E-state index contributed by atoms with van der Waals surface area (Å²) in [5, 5.41) is 3.89. The molecule has 0 aliphatic carbocycles. The number of primary amides is 1. The third-order valence-electron chi connectivity index (χ3n) is 2.37. The van der Waals surface area contributed by atoms with Crippen molar-refractivity contribution < 1.29 is 9.53 Å². The molecule has 5 heteroatoms. The number of hydrogen-bond donors (Lipinski definition) is 2. The number of carbonyl (C=O) groups excluding carboxylic acids is 1. The van der Waals surface area contributed by atoms with Gasteiger partial charge < -0.3 is 15.8 Å². The van der Waals surface area contributed by atoms with Crippen LogP contribution in [0.1, 0.15) is 0 Å². The lowest BCUT2D eigenvalue weighted by molar-refractivity contribution is -0.116. The number of hydrogen-bond acceptors (Lipinski definition) is 4. The van der Waals surface area contributed by atoms with Crippen molar-refractivity contribution in [2.75, 3.05) is 19.0 Å². The van der Waals surface area contributed by atoms with Gasteiger partial charge in [0.2, 0.25) is 5.91 Å². The Balaban J connectivity index is 2.46. The molecule has 1 heterocycles. The van der Waals surface area contributed by atoms with Crippen molar-refractivity contribution in [3.8, 4) is 5.75 Å². The zero-order valence-electron chi connectivity index (χ0n) is 9.43. The van der Waals surface area contributed by atoms with Crippen LogP contribution in [0.4, 0.5) is 5.69 Å². The highest BCUT2D eigenvalue weighted by Gasteiger charge is 2.06. The summed E-state index contributed by atoms with van der Waals surface area (Å²) in [4.78, 5) is 15.0. The molecule has 17 heavy (non-hydrogen) atoms. The van der Waals surface area contributed by atoms with Gasteiger partial charge in [-0.2, -0.15) is 0 Å². The number of fused-ring (bicyclic) bond motifs is 1. The van der Waals surface area contributed by atoms with Crippen molar-refractivity contribution >= 4 is 22.5 Å². The van der Waals surface area contributed by atoms with Gasteiger partial charge in [-0.3, -0.25) is 9.78 Å². The van der Waals surface area contributed by atoms with Crippen LogP contribution >= 0.6 is 0 Å². The number of anilines is 1. The van der Waals surface area contributed by atoms with E-state index in [9.17, 15) is 4.79 Å². The fraction of sp³-hybridized carbons (Fsp3) is 0.167. The van der Waals surface area contributed by atoms with Gasteiger partial charge in [-0.05, 0) is 12.1 Å². The van der Waals surface area contributed by atoms with Crippen molar-refractivity contribution in [3.63, 3.8) is 0 Å². The van der Waals surface area contributed by atoms with Gasteiger partial charge in [-0.1, -0.05) is 6.07 Å². The molecule has 0 radical (unpaired) electrons. The van der Waals surface area contributed by atoms with E-state index in [0.29, 0.717) is 5.75 Å². The van der Waals surface area contributed by atoms with Gasteiger partial charge in [0.1, 0.15) is 5.75 Å². The number of benzene rings is 1. The average molecular weight is 231 g/mol. The van der Waals surface area contributed by atoms with Gasteiger partial charge in [0, 0.05) is 17.6 Å². The summed E-state index contributed by atoms with van der Waals surface area (Å²) >= 11 is 0. The molecule has 5 nitrogen and oxygen atoms in total. The maximum atomic E-state index is 10.8. The molecule has 2 rings (SSSR count). The Hall–Kier alpha value is -2.30. The second kappa shape index (κ2) is 4.69. The number of methoxy groups -OCH3 is 1. The van der Waals surface area contributed by atoms with E-state index in [1.54, 1.807) is 19.4 Å². The third kappa shape index (κ3) is 2.44. The molecule has 0 unspecified atom stereocenters. The molecule has 0 spiro atoms. The topological polar surface area (TPSA) is 77.2 Å². The molecule has 1 aromatic carbocycles. The summed E-state index contributed by atoms with van der Waals surface area (Å²) in [6.07, 6.45) is 1.70. The van der Waals surface area contributed by atoms with Crippen LogP contribution in [0.15, 0.2) is 30.5 Å². The summed E-state index contributed by atoms with van der Waals surface area (Å²) in [5.41, 5.74) is 6.62. The van der Waals surface area contributed by atoms with E-state index in [0.717, 1.165) is 16.6 Å². The molecule has 0 saturated heterocycles. The van der Waals surface area contributed by atoms with E-state index >= 15 is 0 Å². The number of ether oxygens (including phenoxy) is 1. The minimum absolute atomic E-state index is 0.0683. The molecular weight excluding hydrogens is 218 g/mol. The summed E-state index contributed by atoms with van der Waals surface area (Å²) in [6.45, 7) is 0.0683. The third-order valence-corrected chi connectivity index (χ3v) is 2.37. The van der Waals surface area contributed by atoms with Crippen molar-refractivity contribution in [2.45, 2.75) is 0 Å². The maximum absolute atomic E-state index is 10.8. The molecule has 0 saturated carbocycles. The molecular formula is C12H13N3O2. The van der Waals surface area contributed by atoms with E-state index in [1.807, 2.05) is 18.2 Å². The standard InChI is InChI=1S/C12H13N3O2/c1-17-9-5-8-3-2-4-14-12(8)10(6-9)15-7-11(13)16/h2-6,15H,7H2,1H3,(H2,13,16). The van der Waals surface area contributed by atoms with E-state index in [1.165, 1.54) is 0 Å². The molecule has 0 atom stereocenters. The van der Waals surface area contributed by atoms with Gasteiger partial charge in [-0.15, -0.1) is 0 Å². The van der Waals surface area contributed by atoms with Crippen LogP contribution in [0.2, 0.25) is 0 Å². The first-order valence-electron chi connectivity index (χ1n) is 5.15. The summed E-state index contributed by atoms with van der Waals surface area (Å²) in [6, 6.07) is 7.45. The minimum Gasteiger partial charge on any atom is -0.497 e. The van der Waals surface area contributed by atoms with Gasteiger partial charge in [-0.25, -0.2) is 0 Å². The van der Waals surface area contributed by atoms with Crippen LogP contribution in [0.25, 0.3) is 10.9 Å². The first-order valence-corrected chi connectivity index (χ1v) is 5.15. The molecule has 88 valence electrons. The van der Waals surface area contributed by atoms with Crippen LogP contribution in [0.3, 0.4) is 0 Å². The SMILES string of the molecule is COc1cc(NCC(N)=O)c2ncccc2c1. The van der Waals surface area contributed by atoms with Crippen molar-refractivity contribution in [1.82, 2.24) is 4.98 Å². The Kier molecular flexibility index (Phi) is 3.09. The number of nitrogens with zero attached hydrogens (tertiary/aromatic N) is 1. The number of carbonyl (C=O) groups is 1. The van der Waals surface area contributed by atoms with Crippen LogP contribution in [0, 0.1) is 0 Å². The molecule has 0 aliphatic heterocycles. The Morgan fingerprint density at radius 1 is 1.53 bits per heavy atom. The van der Waals surface area contributed by atoms with E-state index in [4.69, 9.17) is 10.5 Å². The molecule has 1 aromatic heterocycles. The maximum Gasteiger partial charge on any atom is 0.236 e. The van der Waals surface area contributed by atoms with Gasteiger partial charge in [0.25, 0.3) is 0 Å². The Morgan fingerprint density at radius 2 is 2.35 bits per heavy atom. The lowest BCUT2D eigenvalue weighted by Crippen LogP contribution is -2.21. The summed E-state index contributed by atoms with van der Waals surface area (Å²) in [5.74, 6) is 0.286. The second-order valence-electron chi connectivity index (χ2n) is 3.57. The highest BCUT2D eigenvalue weighted by Crippen LogP contribution is 2.27. The number of amides is 1. The minimum atomic E-state index is -0.420. The van der Waals surface area contributed by atoms with Crippen molar-refractivity contribution in [2.24, 2.45) is 5.73 Å². The fourth-order valence-electron chi connectivity index (χ4n) is 1.60. The number of pyridine rings is 1. The molecule has 0 bridgehead atoms. The second-order valence-corrected chi connectivity index (χ2v) is 3.57. The Bertz CT molecular complexity index is 554. The zero-order valence-corrected chi connectivity index (χ0v) is 9.43. The molecule has 0 fully saturated rings. The molecule has 0 aliphatic rings. The van der Waals surface area contributed by atoms with Crippen LogP contribution < -0.4 is 15.8 Å². The van der Waals surface area contributed by atoms with Crippen LogP contribution in [0.5, 0.6) is 5.75 Å². The molecule has 2 aromatic rings. The molecule has 1 amide bonds. The first-order chi connectivity index (χ1) is 8.20. The predicted octanol–water partition coefficient (Wildman–Crippen LogP) is 1.14. The zero-order chi connectivity index (χ0) is 12.3. The smallest absolute Gasteiger partial charge is 0.236 e. The molecule has 3 N–H and O–H groups in total. The number of nitrogens with two attached hydrogens (primary N) is 1. The lowest BCUT2D eigenvalue weighted by Gasteiger charge is -2.09. The van der Waals surface area contributed by atoms with Crippen LogP contribution in [-0.2, 0) is 4.79 Å². The number of aromatic nitrogens is 1. The van der Waals surface area contributed by atoms with Crippen molar-refractivity contribution in [1.29, 1.82) is 0 Å². The van der Waals surface area contributed by atoms with Crippen molar-refractivity contribution in [3.05, 3.63) is 30.5 Å². The quantitative estimate of drug-likeness (QED) is 0.827. The fourth-order valence-corrected chi connectivity index (χ4v) is 1.60. The highest BCUT2D eigenvalue weighted by molar-refractivity contribution is 5.93.